The van der Waals surface area contributed by atoms with Crippen molar-refractivity contribution in [1.29, 1.82) is 0 Å². The number of aliphatic hydroxyl groups excluding tert-OH is 1. The fourth-order valence-electron chi connectivity index (χ4n) is 3.21. The van der Waals surface area contributed by atoms with Crippen molar-refractivity contribution in [2.45, 2.75) is 32.0 Å². The molecular weight excluding hydrogens is 342 g/mol. The fraction of sp³-hybridized carbons (Fsp3) is 0.364. The Bertz CT molecular complexity index is 762. The predicted octanol–water partition coefficient (Wildman–Crippen LogP) is 3.75. The first-order valence-corrected chi connectivity index (χ1v) is 9.20. The van der Waals surface area contributed by atoms with Crippen LogP contribution < -0.4 is 14.2 Å². The van der Waals surface area contributed by atoms with E-state index >= 15 is 0 Å². The highest BCUT2D eigenvalue weighted by Gasteiger charge is 2.17. The van der Waals surface area contributed by atoms with Crippen molar-refractivity contribution in [2.75, 3.05) is 20.4 Å². The Morgan fingerprint density at radius 2 is 1.93 bits per heavy atom. The molecule has 0 radical (unpaired) electrons. The number of aliphatic hydroxyl groups is 1. The standard InChI is InChI=1S/C22H27NO4/c1-3-4-7-19(24)15-23(13-17-6-5-8-20(11-17)25-2)14-18-9-10-21-22(12-18)27-16-26-21/h3,5-6,8-12,19,24H,1,4,7,13-16H2,2H3/t19-/m0/s1. The molecule has 27 heavy (non-hydrogen) atoms. The monoisotopic (exact) mass is 369 g/mol. The van der Waals surface area contributed by atoms with E-state index < -0.39 is 6.10 Å². The lowest BCUT2D eigenvalue weighted by Gasteiger charge is -2.25. The van der Waals surface area contributed by atoms with E-state index in [1.54, 1.807) is 7.11 Å². The number of benzene rings is 2. The van der Waals surface area contributed by atoms with E-state index in [0.29, 0.717) is 19.5 Å². The summed E-state index contributed by atoms with van der Waals surface area (Å²) < 4.78 is 16.2. The molecule has 0 spiro atoms. The van der Waals surface area contributed by atoms with Crippen LogP contribution in [0.3, 0.4) is 0 Å². The van der Waals surface area contributed by atoms with Gasteiger partial charge < -0.3 is 19.3 Å². The molecule has 0 saturated heterocycles. The molecule has 0 fully saturated rings. The van der Waals surface area contributed by atoms with Gasteiger partial charge in [0.15, 0.2) is 11.5 Å². The van der Waals surface area contributed by atoms with Crippen LogP contribution in [0.1, 0.15) is 24.0 Å². The van der Waals surface area contributed by atoms with Gasteiger partial charge in [-0.1, -0.05) is 24.3 Å². The maximum absolute atomic E-state index is 10.4. The molecule has 3 rings (SSSR count). The lowest BCUT2D eigenvalue weighted by molar-refractivity contribution is 0.0983. The Hall–Kier alpha value is -2.50. The molecule has 0 saturated carbocycles. The van der Waals surface area contributed by atoms with Crippen molar-refractivity contribution >= 4 is 0 Å². The summed E-state index contributed by atoms with van der Waals surface area (Å²) in [5.41, 5.74) is 2.27. The van der Waals surface area contributed by atoms with Crippen LogP contribution in [0.2, 0.25) is 0 Å². The molecule has 1 N–H and O–H groups in total. The van der Waals surface area contributed by atoms with E-state index in [1.807, 2.05) is 42.5 Å². The van der Waals surface area contributed by atoms with Gasteiger partial charge in [-0.2, -0.15) is 0 Å². The van der Waals surface area contributed by atoms with Gasteiger partial charge in [0, 0.05) is 19.6 Å². The summed E-state index contributed by atoms with van der Waals surface area (Å²) in [7, 11) is 1.67. The molecule has 1 heterocycles. The van der Waals surface area contributed by atoms with Crippen LogP contribution in [0.4, 0.5) is 0 Å². The number of methoxy groups -OCH3 is 1. The van der Waals surface area contributed by atoms with Gasteiger partial charge in [-0.3, -0.25) is 4.90 Å². The molecular formula is C22H27NO4. The summed E-state index contributed by atoms with van der Waals surface area (Å²) in [5, 5.41) is 10.4. The molecule has 1 aliphatic rings. The average molecular weight is 369 g/mol. The van der Waals surface area contributed by atoms with Crippen LogP contribution in [0, 0.1) is 0 Å². The van der Waals surface area contributed by atoms with Crippen LogP contribution in [-0.4, -0.2) is 36.6 Å². The van der Waals surface area contributed by atoms with E-state index in [-0.39, 0.29) is 6.79 Å². The Labute approximate surface area is 160 Å². The van der Waals surface area contributed by atoms with Crippen LogP contribution >= 0.6 is 0 Å². The van der Waals surface area contributed by atoms with Crippen LogP contribution in [0.15, 0.2) is 55.1 Å². The molecule has 0 unspecified atom stereocenters. The largest absolute Gasteiger partial charge is 0.497 e. The zero-order chi connectivity index (χ0) is 19.1. The van der Waals surface area contributed by atoms with Gasteiger partial charge in [0.1, 0.15) is 5.75 Å². The first kappa shape index (κ1) is 19.3. The summed E-state index contributed by atoms with van der Waals surface area (Å²) in [6.45, 7) is 6.01. The molecule has 1 aliphatic heterocycles. The first-order chi connectivity index (χ1) is 13.2. The molecule has 2 aromatic rings. The normalized spacial score (nSPS) is 13.6. The molecule has 2 aromatic carbocycles. The molecule has 144 valence electrons. The van der Waals surface area contributed by atoms with Crippen molar-refractivity contribution in [3.8, 4) is 17.2 Å². The molecule has 0 aromatic heterocycles. The van der Waals surface area contributed by atoms with Crippen LogP contribution in [-0.2, 0) is 13.1 Å². The Morgan fingerprint density at radius 3 is 2.70 bits per heavy atom. The number of rotatable bonds is 10. The quantitative estimate of drug-likeness (QED) is 0.647. The molecule has 5 nitrogen and oxygen atoms in total. The number of ether oxygens (including phenoxy) is 3. The predicted molar refractivity (Wildman–Crippen MR) is 105 cm³/mol. The molecule has 5 heteroatoms. The van der Waals surface area contributed by atoms with Crippen molar-refractivity contribution < 1.29 is 19.3 Å². The van der Waals surface area contributed by atoms with E-state index in [4.69, 9.17) is 14.2 Å². The molecule has 0 amide bonds. The zero-order valence-electron chi connectivity index (χ0n) is 15.8. The minimum absolute atomic E-state index is 0.270. The lowest BCUT2D eigenvalue weighted by Crippen LogP contribution is -2.31. The topological polar surface area (TPSA) is 51.2 Å². The van der Waals surface area contributed by atoms with Crippen molar-refractivity contribution in [2.24, 2.45) is 0 Å². The fourth-order valence-corrected chi connectivity index (χ4v) is 3.21. The Kier molecular flexibility index (Phi) is 6.74. The highest BCUT2D eigenvalue weighted by Crippen LogP contribution is 2.33. The minimum Gasteiger partial charge on any atom is -0.497 e. The lowest BCUT2D eigenvalue weighted by atomic mass is 10.1. The zero-order valence-corrected chi connectivity index (χ0v) is 15.8. The summed E-state index contributed by atoms with van der Waals surface area (Å²) in [6, 6.07) is 14.0. The second kappa shape index (κ2) is 9.44. The van der Waals surface area contributed by atoms with Crippen LogP contribution in [0.5, 0.6) is 17.2 Å². The first-order valence-electron chi connectivity index (χ1n) is 9.20. The summed E-state index contributed by atoms with van der Waals surface area (Å²) >= 11 is 0. The number of hydrogen-bond acceptors (Lipinski definition) is 5. The van der Waals surface area contributed by atoms with Gasteiger partial charge in [0.25, 0.3) is 0 Å². The highest BCUT2D eigenvalue weighted by atomic mass is 16.7. The van der Waals surface area contributed by atoms with Crippen LogP contribution in [0.25, 0.3) is 0 Å². The average Bonchev–Trinajstić information content (AvgIpc) is 3.14. The van der Waals surface area contributed by atoms with Gasteiger partial charge in [-0.05, 0) is 48.2 Å². The third kappa shape index (κ3) is 5.49. The number of fused-ring (bicyclic) bond motifs is 1. The van der Waals surface area contributed by atoms with Gasteiger partial charge in [0.05, 0.1) is 13.2 Å². The number of nitrogens with zero attached hydrogens (tertiary/aromatic N) is 1. The van der Waals surface area contributed by atoms with Gasteiger partial charge in [-0.25, -0.2) is 0 Å². The SMILES string of the molecule is C=CCC[C@H](O)CN(Cc1cccc(OC)c1)Cc1ccc2c(c1)OCO2. The summed E-state index contributed by atoms with van der Waals surface area (Å²) in [6.07, 6.45) is 2.95. The second-order valence-corrected chi connectivity index (χ2v) is 6.73. The van der Waals surface area contributed by atoms with Crippen molar-refractivity contribution in [3.05, 3.63) is 66.2 Å². The Morgan fingerprint density at radius 1 is 1.15 bits per heavy atom. The summed E-state index contributed by atoms with van der Waals surface area (Å²) in [4.78, 5) is 2.24. The number of allylic oxidation sites excluding steroid dienone is 1. The third-order valence-corrected chi connectivity index (χ3v) is 4.56. The van der Waals surface area contributed by atoms with E-state index in [1.165, 1.54) is 0 Å². The Balaban J connectivity index is 1.72. The summed E-state index contributed by atoms with van der Waals surface area (Å²) in [5.74, 6) is 2.40. The van der Waals surface area contributed by atoms with Crippen molar-refractivity contribution in [1.82, 2.24) is 4.90 Å². The maximum Gasteiger partial charge on any atom is 0.231 e. The second-order valence-electron chi connectivity index (χ2n) is 6.73. The third-order valence-electron chi connectivity index (χ3n) is 4.56. The van der Waals surface area contributed by atoms with Gasteiger partial charge in [-0.15, -0.1) is 6.58 Å². The van der Waals surface area contributed by atoms with E-state index in [0.717, 1.165) is 41.3 Å². The van der Waals surface area contributed by atoms with Gasteiger partial charge >= 0.3 is 0 Å². The van der Waals surface area contributed by atoms with E-state index in [2.05, 4.69) is 17.5 Å². The minimum atomic E-state index is -0.400. The van der Waals surface area contributed by atoms with Crippen molar-refractivity contribution in [3.63, 3.8) is 0 Å². The molecule has 0 bridgehead atoms. The smallest absolute Gasteiger partial charge is 0.231 e. The van der Waals surface area contributed by atoms with E-state index in [9.17, 15) is 5.11 Å². The van der Waals surface area contributed by atoms with Gasteiger partial charge in [0.2, 0.25) is 6.79 Å². The number of hydrogen-bond donors (Lipinski definition) is 1. The molecule has 0 aliphatic carbocycles. The highest BCUT2D eigenvalue weighted by molar-refractivity contribution is 5.44. The maximum atomic E-state index is 10.4. The molecule has 1 atom stereocenters.